The van der Waals surface area contributed by atoms with Crippen molar-refractivity contribution in [3.8, 4) is 0 Å². The number of hydrogen-bond donors (Lipinski definition) is 1. The van der Waals surface area contributed by atoms with Crippen molar-refractivity contribution >= 4 is 11.9 Å². The molecule has 6 nitrogen and oxygen atoms in total. The Balaban J connectivity index is 1.64. The van der Waals surface area contributed by atoms with Gasteiger partial charge in [-0.3, -0.25) is 4.79 Å². The lowest BCUT2D eigenvalue weighted by Gasteiger charge is -2.34. The number of nitrogens with zero attached hydrogens (tertiary/aromatic N) is 1. The molecule has 3 heterocycles. The van der Waals surface area contributed by atoms with Crippen LogP contribution in [-0.2, 0) is 11.2 Å². The number of carbonyl (C=O) groups is 2. The van der Waals surface area contributed by atoms with Crippen molar-refractivity contribution in [2.45, 2.75) is 45.1 Å². The molecule has 1 aromatic rings. The van der Waals surface area contributed by atoms with Crippen molar-refractivity contribution in [2.24, 2.45) is 5.92 Å². The van der Waals surface area contributed by atoms with Crippen LogP contribution in [0.3, 0.4) is 0 Å². The first-order valence-corrected chi connectivity index (χ1v) is 8.37. The van der Waals surface area contributed by atoms with Crippen LogP contribution in [0, 0.1) is 5.92 Å². The lowest BCUT2D eigenvalue weighted by Crippen LogP contribution is -2.41. The molecule has 126 valence electrons. The summed E-state index contributed by atoms with van der Waals surface area (Å²) in [6.45, 7) is 4.02. The standard InChI is InChI=1S/C17H23NO5/c1-2-13-12(17(20)21)10-15(23-13)16(19)18-7-5-11(6-8-18)14-4-3-9-22-14/h10-11,14H,2-9H2,1H3,(H,20,21). The highest BCUT2D eigenvalue weighted by molar-refractivity contribution is 5.96. The van der Waals surface area contributed by atoms with Gasteiger partial charge >= 0.3 is 5.97 Å². The molecular weight excluding hydrogens is 298 g/mol. The van der Waals surface area contributed by atoms with Gasteiger partial charge < -0.3 is 19.2 Å². The van der Waals surface area contributed by atoms with Crippen LogP contribution in [-0.4, -0.2) is 47.7 Å². The Hall–Kier alpha value is -1.82. The molecule has 2 aliphatic rings. The summed E-state index contributed by atoms with van der Waals surface area (Å²) in [5.41, 5.74) is 0.0880. The summed E-state index contributed by atoms with van der Waals surface area (Å²) >= 11 is 0. The predicted molar refractivity (Wildman–Crippen MR) is 82.6 cm³/mol. The van der Waals surface area contributed by atoms with Crippen LogP contribution in [0.5, 0.6) is 0 Å². The largest absolute Gasteiger partial charge is 0.478 e. The Bertz CT molecular complexity index is 580. The van der Waals surface area contributed by atoms with E-state index < -0.39 is 5.97 Å². The van der Waals surface area contributed by atoms with Crippen molar-refractivity contribution in [3.63, 3.8) is 0 Å². The van der Waals surface area contributed by atoms with Gasteiger partial charge in [-0.15, -0.1) is 0 Å². The maximum absolute atomic E-state index is 12.5. The van der Waals surface area contributed by atoms with Gasteiger partial charge in [-0.2, -0.15) is 0 Å². The first-order valence-electron chi connectivity index (χ1n) is 8.37. The lowest BCUT2D eigenvalue weighted by atomic mass is 9.90. The fraction of sp³-hybridized carbons (Fsp3) is 0.647. The highest BCUT2D eigenvalue weighted by atomic mass is 16.5. The minimum atomic E-state index is -1.05. The molecule has 0 saturated carbocycles. The van der Waals surface area contributed by atoms with Gasteiger partial charge in [0.1, 0.15) is 11.3 Å². The van der Waals surface area contributed by atoms with E-state index in [1.165, 1.54) is 6.07 Å². The van der Waals surface area contributed by atoms with Crippen molar-refractivity contribution in [1.82, 2.24) is 4.90 Å². The second kappa shape index (κ2) is 6.74. The van der Waals surface area contributed by atoms with E-state index in [1.807, 2.05) is 6.92 Å². The summed E-state index contributed by atoms with van der Waals surface area (Å²) in [4.78, 5) is 25.5. The van der Waals surface area contributed by atoms with E-state index in [1.54, 1.807) is 4.90 Å². The lowest BCUT2D eigenvalue weighted by molar-refractivity contribution is 0.0280. The van der Waals surface area contributed by atoms with E-state index in [0.717, 1.165) is 32.3 Å². The summed E-state index contributed by atoms with van der Waals surface area (Å²) in [5.74, 6) is -0.247. The number of carboxylic acid groups (broad SMARTS) is 1. The van der Waals surface area contributed by atoms with Crippen LogP contribution >= 0.6 is 0 Å². The number of aromatic carboxylic acids is 1. The van der Waals surface area contributed by atoms with Gasteiger partial charge in [0.25, 0.3) is 5.91 Å². The number of hydrogen-bond acceptors (Lipinski definition) is 4. The van der Waals surface area contributed by atoms with Crippen LogP contribution in [0.1, 0.15) is 59.3 Å². The summed E-state index contributed by atoms with van der Waals surface area (Å²) in [7, 11) is 0. The van der Waals surface area contributed by atoms with Gasteiger partial charge in [-0.25, -0.2) is 4.79 Å². The molecule has 0 aliphatic carbocycles. The molecule has 6 heteroatoms. The van der Waals surface area contributed by atoms with Gasteiger partial charge in [0.15, 0.2) is 5.76 Å². The maximum Gasteiger partial charge on any atom is 0.339 e. The number of likely N-dealkylation sites (tertiary alicyclic amines) is 1. The van der Waals surface area contributed by atoms with Crippen LogP contribution < -0.4 is 0 Å². The van der Waals surface area contributed by atoms with Crippen molar-refractivity contribution in [3.05, 3.63) is 23.2 Å². The van der Waals surface area contributed by atoms with Gasteiger partial charge in [0.05, 0.1) is 6.10 Å². The molecule has 1 amide bonds. The fourth-order valence-electron chi connectivity index (χ4n) is 3.58. The van der Waals surface area contributed by atoms with E-state index >= 15 is 0 Å². The van der Waals surface area contributed by atoms with E-state index in [0.29, 0.717) is 37.3 Å². The van der Waals surface area contributed by atoms with Gasteiger partial charge in [-0.1, -0.05) is 6.92 Å². The first kappa shape index (κ1) is 16.1. The third-order valence-electron chi connectivity index (χ3n) is 4.89. The number of ether oxygens (including phenoxy) is 1. The Morgan fingerprint density at radius 2 is 2.04 bits per heavy atom. The van der Waals surface area contributed by atoms with Gasteiger partial charge in [-0.05, 0) is 31.6 Å². The van der Waals surface area contributed by atoms with Crippen LogP contribution in [0.2, 0.25) is 0 Å². The molecule has 1 N–H and O–H groups in total. The molecule has 1 atom stereocenters. The molecule has 2 aliphatic heterocycles. The minimum absolute atomic E-state index is 0.0880. The van der Waals surface area contributed by atoms with Crippen LogP contribution in [0.15, 0.2) is 10.5 Å². The average molecular weight is 321 g/mol. The smallest absolute Gasteiger partial charge is 0.339 e. The number of rotatable bonds is 4. The Morgan fingerprint density at radius 3 is 2.57 bits per heavy atom. The van der Waals surface area contributed by atoms with E-state index in [2.05, 4.69) is 0 Å². The summed E-state index contributed by atoms with van der Waals surface area (Å²) < 4.78 is 11.2. The Kier molecular flexibility index (Phi) is 4.71. The molecule has 3 rings (SSSR count). The minimum Gasteiger partial charge on any atom is -0.478 e. The molecule has 0 bridgehead atoms. The SMILES string of the molecule is CCc1oc(C(=O)N2CCC(C3CCCO3)CC2)cc1C(=O)O. The first-order chi connectivity index (χ1) is 11.1. The molecule has 2 saturated heterocycles. The van der Waals surface area contributed by atoms with E-state index in [-0.39, 0.29) is 17.2 Å². The number of piperidine rings is 1. The third kappa shape index (κ3) is 3.27. The van der Waals surface area contributed by atoms with Crippen molar-refractivity contribution < 1.29 is 23.8 Å². The number of carbonyl (C=O) groups excluding carboxylic acids is 1. The third-order valence-corrected chi connectivity index (χ3v) is 4.89. The molecule has 23 heavy (non-hydrogen) atoms. The zero-order valence-electron chi connectivity index (χ0n) is 13.4. The quantitative estimate of drug-likeness (QED) is 0.922. The van der Waals surface area contributed by atoms with E-state index in [9.17, 15) is 9.59 Å². The maximum atomic E-state index is 12.5. The highest BCUT2D eigenvalue weighted by Crippen LogP contribution is 2.29. The molecule has 0 aromatic carbocycles. The Labute approximate surface area is 135 Å². The number of amides is 1. The van der Waals surface area contributed by atoms with Gasteiger partial charge in [0, 0.05) is 32.2 Å². The van der Waals surface area contributed by atoms with Crippen LogP contribution in [0.4, 0.5) is 0 Å². The predicted octanol–water partition coefficient (Wildman–Crippen LogP) is 2.57. The van der Waals surface area contributed by atoms with E-state index in [4.69, 9.17) is 14.3 Å². The fourth-order valence-corrected chi connectivity index (χ4v) is 3.58. The second-order valence-electron chi connectivity index (χ2n) is 6.29. The molecule has 0 spiro atoms. The molecular formula is C17H23NO5. The number of furan rings is 1. The van der Waals surface area contributed by atoms with Gasteiger partial charge in [0.2, 0.25) is 0 Å². The van der Waals surface area contributed by atoms with Crippen molar-refractivity contribution in [1.29, 1.82) is 0 Å². The summed E-state index contributed by atoms with van der Waals surface area (Å²) in [6, 6.07) is 1.36. The number of carboxylic acids is 1. The molecule has 2 fully saturated rings. The normalized spacial score (nSPS) is 22.5. The summed E-state index contributed by atoms with van der Waals surface area (Å²) in [5, 5.41) is 9.16. The summed E-state index contributed by atoms with van der Waals surface area (Å²) in [6.07, 6.45) is 4.93. The zero-order chi connectivity index (χ0) is 16.4. The topological polar surface area (TPSA) is 80.0 Å². The average Bonchev–Trinajstić information content (AvgIpc) is 3.23. The van der Waals surface area contributed by atoms with Crippen molar-refractivity contribution in [2.75, 3.05) is 19.7 Å². The molecule has 1 aromatic heterocycles. The zero-order valence-corrected chi connectivity index (χ0v) is 13.4. The van der Waals surface area contributed by atoms with Crippen LogP contribution in [0.25, 0.3) is 0 Å². The second-order valence-corrected chi connectivity index (χ2v) is 6.29. The number of aryl methyl sites for hydroxylation is 1. The molecule has 1 unspecified atom stereocenters. The monoisotopic (exact) mass is 321 g/mol. The molecule has 0 radical (unpaired) electrons. The highest BCUT2D eigenvalue weighted by Gasteiger charge is 2.32. The Morgan fingerprint density at radius 1 is 1.30 bits per heavy atom.